The van der Waals surface area contributed by atoms with E-state index in [0.717, 1.165) is 5.56 Å². The van der Waals surface area contributed by atoms with Crippen molar-refractivity contribution in [2.75, 3.05) is 19.5 Å². The predicted molar refractivity (Wildman–Crippen MR) is 122 cm³/mol. The van der Waals surface area contributed by atoms with Crippen molar-refractivity contribution in [1.29, 1.82) is 0 Å². The molecule has 10 heteroatoms. The first kappa shape index (κ1) is 21.6. The molecule has 0 fully saturated rings. The summed E-state index contributed by atoms with van der Waals surface area (Å²) in [6, 6.07) is 11.8. The van der Waals surface area contributed by atoms with Gasteiger partial charge >= 0.3 is 0 Å². The molecule has 168 valence electrons. The summed E-state index contributed by atoms with van der Waals surface area (Å²) in [7, 11) is 3.09. The van der Waals surface area contributed by atoms with Gasteiger partial charge in [0, 0.05) is 23.9 Å². The lowest BCUT2D eigenvalue weighted by molar-refractivity contribution is -0.111. The number of hydrogen-bond donors (Lipinski definition) is 2. The van der Waals surface area contributed by atoms with E-state index in [-0.39, 0.29) is 11.5 Å². The summed E-state index contributed by atoms with van der Waals surface area (Å²) >= 11 is 0. The Morgan fingerprint density at radius 1 is 1.15 bits per heavy atom. The van der Waals surface area contributed by atoms with Gasteiger partial charge in [0.05, 0.1) is 20.5 Å². The Morgan fingerprint density at radius 3 is 2.67 bits per heavy atom. The van der Waals surface area contributed by atoms with Crippen LogP contribution in [-0.4, -0.2) is 39.9 Å². The van der Waals surface area contributed by atoms with Crippen LogP contribution in [0.1, 0.15) is 11.3 Å². The Bertz CT molecular complexity index is 1370. The van der Waals surface area contributed by atoms with Crippen LogP contribution in [0.15, 0.2) is 64.0 Å². The third-order valence-corrected chi connectivity index (χ3v) is 4.63. The fraction of sp³-hybridized carbons (Fsp3) is 0.130. The highest BCUT2D eigenvalue weighted by Crippen LogP contribution is 2.28. The van der Waals surface area contributed by atoms with Crippen LogP contribution in [0.25, 0.3) is 23.5 Å². The molecule has 33 heavy (non-hydrogen) atoms. The molecule has 4 aromatic rings. The number of ether oxygens (including phenoxy) is 2. The number of aromatic amines is 1. The molecule has 3 aromatic heterocycles. The molecule has 1 amide bonds. The minimum atomic E-state index is -0.410. The number of aryl methyl sites for hydroxylation is 1. The summed E-state index contributed by atoms with van der Waals surface area (Å²) in [6.07, 6.45) is 4.53. The van der Waals surface area contributed by atoms with Gasteiger partial charge in [-0.2, -0.15) is 9.78 Å². The molecule has 1 aromatic carbocycles. The number of carbonyl (C=O) groups excluding carboxylic acids is 1. The SMILES string of the molecule is COc1ccc(C=CC(=O)Nc2cc(-c3ccco3)nn2-c2nc(C)cc(=O)[nH]2)cc1OC. The lowest BCUT2D eigenvalue weighted by Crippen LogP contribution is -2.17. The molecular formula is C23H21N5O5. The van der Waals surface area contributed by atoms with Gasteiger partial charge in [0.1, 0.15) is 11.5 Å². The van der Waals surface area contributed by atoms with E-state index in [1.54, 1.807) is 63.6 Å². The van der Waals surface area contributed by atoms with E-state index in [2.05, 4.69) is 20.4 Å². The fourth-order valence-corrected chi connectivity index (χ4v) is 3.14. The average Bonchev–Trinajstić information content (AvgIpc) is 3.47. The predicted octanol–water partition coefficient (Wildman–Crippen LogP) is 3.19. The number of nitrogens with one attached hydrogen (secondary N) is 2. The second-order valence-electron chi connectivity index (χ2n) is 6.95. The first-order valence-electron chi connectivity index (χ1n) is 9.90. The van der Waals surface area contributed by atoms with Crippen molar-refractivity contribution < 1.29 is 18.7 Å². The maximum Gasteiger partial charge on any atom is 0.252 e. The fourth-order valence-electron chi connectivity index (χ4n) is 3.14. The molecule has 2 N–H and O–H groups in total. The third-order valence-electron chi connectivity index (χ3n) is 4.63. The molecule has 0 aliphatic carbocycles. The molecule has 3 heterocycles. The number of amides is 1. The van der Waals surface area contributed by atoms with Gasteiger partial charge < -0.3 is 19.2 Å². The van der Waals surface area contributed by atoms with E-state index in [9.17, 15) is 9.59 Å². The highest BCUT2D eigenvalue weighted by Gasteiger charge is 2.16. The molecule has 0 saturated carbocycles. The van der Waals surface area contributed by atoms with Crippen LogP contribution < -0.4 is 20.3 Å². The topological polar surface area (TPSA) is 124 Å². The molecular weight excluding hydrogens is 426 g/mol. The summed E-state index contributed by atoms with van der Waals surface area (Å²) in [5, 5.41) is 7.21. The van der Waals surface area contributed by atoms with Gasteiger partial charge in [-0.3, -0.25) is 14.6 Å². The molecule has 10 nitrogen and oxygen atoms in total. The highest BCUT2D eigenvalue weighted by atomic mass is 16.5. The van der Waals surface area contributed by atoms with Crippen LogP contribution in [0.2, 0.25) is 0 Å². The monoisotopic (exact) mass is 447 g/mol. The molecule has 0 radical (unpaired) electrons. The summed E-state index contributed by atoms with van der Waals surface area (Å²) < 4.78 is 17.3. The van der Waals surface area contributed by atoms with Crippen molar-refractivity contribution in [1.82, 2.24) is 19.7 Å². The standard InChI is InChI=1S/C23H21N5O5/c1-14-11-22(30)26-23(24-14)28-20(13-16(27-28)17-5-4-10-33-17)25-21(29)9-7-15-6-8-18(31-2)19(12-15)32-3/h4-13H,1-3H3,(H,25,29)(H,24,26,30). The van der Waals surface area contributed by atoms with Crippen LogP contribution in [0, 0.1) is 6.92 Å². The van der Waals surface area contributed by atoms with Crippen molar-refractivity contribution in [3.63, 3.8) is 0 Å². The first-order chi connectivity index (χ1) is 16.0. The van der Waals surface area contributed by atoms with E-state index in [1.807, 2.05) is 0 Å². The Labute approximate surface area is 188 Å². The maximum absolute atomic E-state index is 12.7. The second kappa shape index (κ2) is 9.27. The van der Waals surface area contributed by atoms with Crippen molar-refractivity contribution in [3.8, 4) is 28.9 Å². The number of hydrogen-bond acceptors (Lipinski definition) is 7. The minimum Gasteiger partial charge on any atom is -0.493 e. The first-order valence-corrected chi connectivity index (χ1v) is 9.90. The number of aromatic nitrogens is 4. The van der Waals surface area contributed by atoms with Crippen LogP contribution in [0.5, 0.6) is 11.5 Å². The molecule has 0 saturated heterocycles. The van der Waals surface area contributed by atoms with Gasteiger partial charge in [-0.05, 0) is 42.8 Å². The Kier molecular flexibility index (Phi) is 6.07. The number of anilines is 1. The largest absolute Gasteiger partial charge is 0.493 e. The van der Waals surface area contributed by atoms with Gasteiger partial charge in [-0.15, -0.1) is 0 Å². The van der Waals surface area contributed by atoms with Crippen LogP contribution in [0.4, 0.5) is 5.82 Å². The van der Waals surface area contributed by atoms with Gasteiger partial charge in [-0.1, -0.05) is 6.07 Å². The quantitative estimate of drug-likeness (QED) is 0.417. The Hall–Kier alpha value is -4.60. The van der Waals surface area contributed by atoms with Gasteiger partial charge in [0.15, 0.2) is 17.3 Å². The minimum absolute atomic E-state index is 0.164. The molecule has 4 rings (SSSR count). The van der Waals surface area contributed by atoms with Crippen molar-refractivity contribution in [2.24, 2.45) is 0 Å². The molecule has 0 atom stereocenters. The summed E-state index contributed by atoms with van der Waals surface area (Å²) in [5.74, 6) is 1.70. The van der Waals surface area contributed by atoms with Crippen molar-refractivity contribution in [2.45, 2.75) is 6.92 Å². The van der Waals surface area contributed by atoms with E-state index < -0.39 is 5.91 Å². The van der Waals surface area contributed by atoms with Gasteiger partial charge in [0.2, 0.25) is 11.9 Å². The molecule has 0 aliphatic heterocycles. The molecule has 0 unspecified atom stereocenters. The number of carbonyl (C=O) groups is 1. The maximum atomic E-state index is 12.7. The van der Waals surface area contributed by atoms with Crippen LogP contribution >= 0.6 is 0 Å². The molecule has 0 aliphatic rings. The summed E-state index contributed by atoms with van der Waals surface area (Å²) in [5.41, 5.74) is 1.38. The second-order valence-corrected chi connectivity index (χ2v) is 6.95. The normalized spacial score (nSPS) is 11.0. The van der Waals surface area contributed by atoms with E-state index in [0.29, 0.717) is 34.5 Å². The third kappa shape index (κ3) is 4.85. The summed E-state index contributed by atoms with van der Waals surface area (Å²) in [6.45, 7) is 1.69. The van der Waals surface area contributed by atoms with E-state index >= 15 is 0 Å². The zero-order chi connectivity index (χ0) is 23.4. The zero-order valence-electron chi connectivity index (χ0n) is 18.2. The number of benzene rings is 1. The Balaban J connectivity index is 1.63. The van der Waals surface area contributed by atoms with Crippen molar-refractivity contribution >= 4 is 17.8 Å². The zero-order valence-corrected chi connectivity index (χ0v) is 18.2. The van der Waals surface area contributed by atoms with Gasteiger partial charge in [-0.25, -0.2) is 4.98 Å². The van der Waals surface area contributed by atoms with Crippen LogP contribution in [-0.2, 0) is 4.79 Å². The highest BCUT2D eigenvalue weighted by molar-refractivity contribution is 6.01. The summed E-state index contributed by atoms with van der Waals surface area (Å²) in [4.78, 5) is 31.5. The van der Waals surface area contributed by atoms with Crippen molar-refractivity contribution in [3.05, 3.63) is 76.4 Å². The number of rotatable bonds is 7. The molecule has 0 spiro atoms. The van der Waals surface area contributed by atoms with E-state index in [4.69, 9.17) is 13.9 Å². The average molecular weight is 447 g/mol. The lowest BCUT2D eigenvalue weighted by Gasteiger charge is -2.08. The number of H-pyrrole nitrogens is 1. The van der Waals surface area contributed by atoms with Gasteiger partial charge in [0.25, 0.3) is 5.56 Å². The smallest absolute Gasteiger partial charge is 0.252 e. The Morgan fingerprint density at radius 2 is 1.97 bits per heavy atom. The number of nitrogens with zero attached hydrogens (tertiary/aromatic N) is 3. The lowest BCUT2D eigenvalue weighted by atomic mass is 10.2. The molecule has 0 bridgehead atoms. The van der Waals surface area contributed by atoms with E-state index in [1.165, 1.54) is 23.1 Å². The van der Waals surface area contributed by atoms with Crippen LogP contribution in [0.3, 0.4) is 0 Å². The number of methoxy groups -OCH3 is 2. The number of furan rings is 1.